The van der Waals surface area contributed by atoms with Crippen molar-refractivity contribution in [3.05, 3.63) is 34.9 Å². The first-order chi connectivity index (χ1) is 10.4. The Bertz CT molecular complexity index is 595. The molecule has 22 heavy (non-hydrogen) atoms. The molecule has 0 aliphatic carbocycles. The first-order valence-corrected chi connectivity index (χ1v) is 8.42. The molecule has 1 aromatic rings. The van der Waals surface area contributed by atoms with E-state index >= 15 is 0 Å². The second-order valence-electron chi connectivity index (χ2n) is 4.71. The molecule has 1 aromatic carbocycles. The number of halogens is 4. The molecule has 0 N–H and O–H groups in total. The van der Waals surface area contributed by atoms with E-state index in [1.807, 2.05) is 29.5 Å². The lowest BCUT2D eigenvalue weighted by Crippen LogP contribution is -2.40. The van der Waals surface area contributed by atoms with Gasteiger partial charge in [-0.2, -0.15) is 0 Å². The van der Waals surface area contributed by atoms with Crippen molar-refractivity contribution in [3.63, 3.8) is 0 Å². The third-order valence-corrected chi connectivity index (χ3v) is 4.55. The second kappa shape index (κ2) is 7.59. The van der Waals surface area contributed by atoms with Gasteiger partial charge in [-0.3, -0.25) is 4.79 Å². The predicted molar refractivity (Wildman–Crippen MR) is 90.7 cm³/mol. The van der Waals surface area contributed by atoms with Crippen LogP contribution < -0.4 is 4.74 Å². The Hall–Kier alpha value is -0.890. The van der Waals surface area contributed by atoms with Crippen molar-refractivity contribution in [2.75, 3.05) is 13.2 Å². The SMILES string of the molecule is CCOc1ccc(C2=CCC(I)C(=O)N2CC(F)F)c(Cl)c1. The van der Waals surface area contributed by atoms with Crippen molar-refractivity contribution >= 4 is 45.8 Å². The molecular formula is C15H15ClF2INO2. The van der Waals surface area contributed by atoms with Crippen LogP contribution in [0.1, 0.15) is 18.9 Å². The molecule has 1 atom stereocenters. The van der Waals surface area contributed by atoms with Gasteiger partial charge in [-0.1, -0.05) is 40.3 Å². The Balaban J connectivity index is 2.37. The molecule has 0 aromatic heterocycles. The molecule has 0 fully saturated rings. The maximum Gasteiger partial charge on any atom is 0.256 e. The zero-order chi connectivity index (χ0) is 16.3. The predicted octanol–water partition coefficient (Wildman–Crippen LogP) is 4.38. The molecule has 0 bridgehead atoms. The summed E-state index contributed by atoms with van der Waals surface area (Å²) in [5.41, 5.74) is 0.994. The summed E-state index contributed by atoms with van der Waals surface area (Å²) in [5, 5.41) is 0.371. The number of hydrogen-bond acceptors (Lipinski definition) is 2. The largest absolute Gasteiger partial charge is 0.494 e. The average Bonchev–Trinajstić information content (AvgIpc) is 2.45. The fraction of sp³-hybridized carbons (Fsp3) is 0.400. The summed E-state index contributed by atoms with van der Waals surface area (Å²) in [6.45, 7) is 1.73. The Morgan fingerprint density at radius 2 is 2.23 bits per heavy atom. The van der Waals surface area contributed by atoms with Gasteiger partial charge in [0.15, 0.2) is 0 Å². The third-order valence-electron chi connectivity index (χ3n) is 3.19. The second-order valence-corrected chi connectivity index (χ2v) is 6.62. The van der Waals surface area contributed by atoms with Crippen molar-refractivity contribution in [1.29, 1.82) is 0 Å². The first kappa shape index (κ1) is 17.5. The fourth-order valence-corrected chi connectivity index (χ4v) is 3.11. The summed E-state index contributed by atoms with van der Waals surface area (Å²) >= 11 is 8.20. The molecule has 0 radical (unpaired) electrons. The zero-order valence-electron chi connectivity index (χ0n) is 11.9. The minimum atomic E-state index is -2.60. The number of carbonyl (C=O) groups excluding carboxylic acids is 1. The fourth-order valence-electron chi connectivity index (χ4n) is 2.26. The summed E-state index contributed by atoms with van der Waals surface area (Å²) in [5.74, 6) is 0.287. The molecule has 1 aliphatic heterocycles. The van der Waals surface area contributed by atoms with E-state index in [1.54, 1.807) is 24.3 Å². The van der Waals surface area contributed by atoms with Crippen LogP contribution in [0.15, 0.2) is 24.3 Å². The van der Waals surface area contributed by atoms with Crippen LogP contribution in [-0.4, -0.2) is 34.3 Å². The Morgan fingerprint density at radius 1 is 1.50 bits per heavy atom. The van der Waals surface area contributed by atoms with Crippen molar-refractivity contribution < 1.29 is 18.3 Å². The van der Waals surface area contributed by atoms with Gasteiger partial charge in [-0.25, -0.2) is 8.78 Å². The molecule has 0 saturated heterocycles. The number of alkyl halides is 3. The van der Waals surface area contributed by atoms with E-state index in [1.165, 1.54) is 0 Å². The molecule has 0 spiro atoms. The summed E-state index contributed by atoms with van der Waals surface area (Å²) in [6.07, 6.45) is -0.323. The Morgan fingerprint density at radius 3 is 2.82 bits per heavy atom. The van der Waals surface area contributed by atoms with Crippen molar-refractivity contribution in [3.8, 4) is 5.75 Å². The number of rotatable bonds is 5. The van der Waals surface area contributed by atoms with E-state index in [2.05, 4.69) is 0 Å². The summed E-state index contributed by atoms with van der Waals surface area (Å²) in [4.78, 5) is 13.3. The van der Waals surface area contributed by atoms with Crippen LogP contribution in [0, 0.1) is 0 Å². The number of allylic oxidation sites excluding steroid dienone is 1. The zero-order valence-corrected chi connectivity index (χ0v) is 14.8. The van der Waals surface area contributed by atoms with Crippen LogP contribution in [0.2, 0.25) is 5.02 Å². The maximum absolute atomic E-state index is 12.8. The molecule has 1 aliphatic rings. The molecule has 1 heterocycles. The average molecular weight is 442 g/mol. The summed E-state index contributed by atoms with van der Waals surface area (Å²) in [6, 6.07) is 5.04. The van der Waals surface area contributed by atoms with Crippen molar-refractivity contribution in [2.45, 2.75) is 23.7 Å². The highest BCUT2D eigenvalue weighted by Crippen LogP contribution is 2.34. The van der Waals surface area contributed by atoms with Gasteiger partial charge < -0.3 is 9.64 Å². The quantitative estimate of drug-likeness (QED) is 0.501. The van der Waals surface area contributed by atoms with E-state index in [0.717, 1.165) is 4.90 Å². The van der Waals surface area contributed by atoms with E-state index < -0.39 is 13.0 Å². The summed E-state index contributed by atoms with van der Waals surface area (Å²) < 4.78 is 30.6. The normalized spacial score (nSPS) is 18.6. The monoisotopic (exact) mass is 441 g/mol. The number of benzene rings is 1. The van der Waals surface area contributed by atoms with Crippen LogP contribution >= 0.6 is 34.2 Å². The van der Waals surface area contributed by atoms with Crippen LogP contribution in [0.4, 0.5) is 8.78 Å². The highest BCUT2D eigenvalue weighted by molar-refractivity contribution is 14.1. The number of ether oxygens (including phenoxy) is 1. The topological polar surface area (TPSA) is 29.5 Å². The molecule has 120 valence electrons. The van der Waals surface area contributed by atoms with E-state index in [-0.39, 0.29) is 9.83 Å². The third kappa shape index (κ3) is 3.90. The van der Waals surface area contributed by atoms with E-state index in [4.69, 9.17) is 16.3 Å². The highest BCUT2D eigenvalue weighted by atomic mass is 127. The molecule has 2 rings (SSSR count). The number of nitrogens with zero attached hydrogens (tertiary/aromatic N) is 1. The molecule has 0 saturated carbocycles. The van der Waals surface area contributed by atoms with Gasteiger partial charge in [-0.15, -0.1) is 0 Å². The van der Waals surface area contributed by atoms with E-state index in [9.17, 15) is 13.6 Å². The lowest BCUT2D eigenvalue weighted by molar-refractivity contribution is -0.128. The number of carbonyl (C=O) groups is 1. The molecule has 3 nitrogen and oxygen atoms in total. The Labute approximate surface area is 146 Å². The smallest absolute Gasteiger partial charge is 0.256 e. The molecular weight excluding hydrogens is 427 g/mol. The lowest BCUT2D eigenvalue weighted by Gasteiger charge is -2.31. The minimum absolute atomic E-state index is 0.316. The van der Waals surface area contributed by atoms with Crippen LogP contribution in [0.5, 0.6) is 5.75 Å². The van der Waals surface area contributed by atoms with Gasteiger partial charge in [0.1, 0.15) is 5.75 Å². The van der Waals surface area contributed by atoms with Gasteiger partial charge in [0.05, 0.1) is 22.1 Å². The molecule has 1 amide bonds. The first-order valence-electron chi connectivity index (χ1n) is 6.80. The van der Waals surface area contributed by atoms with Gasteiger partial charge >= 0.3 is 0 Å². The van der Waals surface area contributed by atoms with Crippen molar-refractivity contribution in [2.24, 2.45) is 0 Å². The van der Waals surface area contributed by atoms with Crippen LogP contribution in [0.3, 0.4) is 0 Å². The van der Waals surface area contributed by atoms with Gasteiger partial charge in [0.25, 0.3) is 6.43 Å². The standard InChI is InChI=1S/C15H15ClF2INO2/c1-2-22-9-3-4-10(11(16)7-9)13-6-5-12(19)15(21)20(13)8-14(17)18/h3-4,6-7,12,14H,2,5,8H2,1H3. The Kier molecular flexibility index (Phi) is 6.02. The highest BCUT2D eigenvalue weighted by Gasteiger charge is 2.31. The van der Waals surface area contributed by atoms with Gasteiger partial charge in [0, 0.05) is 11.3 Å². The number of amides is 1. The minimum Gasteiger partial charge on any atom is -0.494 e. The van der Waals surface area contributed by atoms with Crippen LogP contribution in [0.25, 0.3) is 5.70 Å². The lowest BCUT2D eigenvalue weighted by atomic mass is 10.0. The van der Waals surface area contributed by atoms with E-state index in [0.29, 0.717) is 35.1 Å². The molecule has 7 heteroatoms. The molecule has 1 unspecified atom stereocenters. The van der Waals surface area contributed by atoms with Crippen molar-refractivity contribution in [1.82, 2.24) is 4.90 Å². The summed E-state index contributed by atoms with van der Waals surface area (Å²) in [7, 11) is 0. The van der Waals surface area contributed by atoms with Gasteiger partial charge in [-0.05, 0) is 31.5 Å². The van der Waals surface area contributed by atoms with Gasteiger partial charge in [0.2, 0.25) is 5.91 Å². The number of hydrogen-bond donors (Lipinski definition) is 0. The maximum atomic E-state index is 12.8. The van der Waals surface area contributed by atoms with Crippen LogP contribution in [-0.2, 0) is 4.79 Å².